The summed E-state index contributed by atoms with van der Waals surface area (Å²) in [6.07, 6.45) is 1.01. The molecule has 2 atom stereocenters. The molecule has 29 heavy (non-hydrogen) atoms. The van der Waals surface area contributed by atoms with Crippen LogP contribution in [0, 0.1) is 0 Å². The zero-order valence-corrected chi connectivity index (χ0v) is 16.0. The number of aromatic nitrogens is 2. The lowest BCUT2D eigenvalue weighted by atomic mass is 9.78. The van der Waals surface area contributed by atoms with Gasteiger partial charge in [-0.3, -0.25) is 4.79 Å². The van der Waals surface area contributed by atoms with Crippen LogP contribution in [0.3, 0.4) is 0 Å². The first-order chi connectivity index (χ1) is 14.1. The van der Waals surface area contributed by atoms with Crippen molar-refractivity contribution in [3.8, 4) is 5.75 Å². The highest BCUT2D eigenvalue weighted by molar-refractivity contribution is 6.30. The Hall–Kier alpha value is -3.32. The fourth-order valence-corrected chi connectivity index (χ4v) is 4.15. The van der Waals surface area contributed by atoms with E-state index in [1.54, 1.807) is 18.2 Å². The van der Waals surface area contributed by atoms with Gasteiger partial charge >= 0.3 is 0 Å². The van der Waals surface area contributed by atoms with Crippen molar-refractivity contribution in [3.63, 3.8) is 0 Å². The molecular weight excluding hydrogens is 392 g/mol. The molecule has 0 radical (unpaired) electrons. The van der Waals surface area contributed by atoms with E-state index < -0.39 is 6.04 Å². The number of anilines is 2. The van der Waals surface area contributed by atoms with E-state index >= 15 is 0 Å². The van der Waals surface area contributed by atoms with Crippen LogP contribution in [0.25, 0.3) is 0 Å². The number of Topliss-reactive ketones (excluding diaryl/α,β-unsaturated/α-hetero) is 1. The molecule has 2 aromatic carbocycles. The normalized spacial score (nSPS) is 20.9. The van der Waals surface area contributed by atoms with Crippen LogP contribution < -0.4 is 10.6 Å². The van der Waals surface area contributed by atoms with E-state index in [-0.39, 0.29) is 17.5 Å². The standard InChI is InChI=1S/C21H17ClN4O3/c22-14-6-4-11(5-7-14)13-9-16-18(17(28)10-13)19(12-2-1-3-15(27)8-12)24-21-20(23-16)25-29-26-21/h1-8,13,19,27H,9-10H2,(H,23,25)(H,24,26)/t13-,19+/m0/s1. The highest BCUT2D eigenvalue weighted by atomic mass is 35.5. The quantitative estimate of drug-likeness (QED) is 0.577. The molecule has 0 spiro atoms. The van der Waals surface area contributed by atoms with Crippen LogP contribution in [0.2, 0.25) is 5.02 Å². The number of allylic oxidation sites excluding steroid dienone is 1. The lowest BCUT2D eigenvalue weighted by Crippen LogP contribution is -2.27. The van der Waals surface area contributed by atoms with E-state index in [0.717, 1.165) is 16.8 Å². The number of hydrogen-bond acceptors (Lipinski definition) is 7. The van der Waals surface area contributed by atoms with Gasteiger partial charge in [-0.25, -0.2) is 4.63 Å². The van der Waals surface area contributed by atoms with E-state index in [9.17, 15) is 9.90 Å². The Labute approximate surface area is 171 Å². The second-order valence-electron chi connectivity index (χ2n) is 7.23. The van der Waals surface area contributed by atoms with Gasteiger partial charge in [0.15, 0.2) is 5.78 Å². The maximum Gasteiger partial charge on any atom is 0.219 e. The van der Waals surface area contributed by atoms with Crippen molar-refractivity contribution < 1.29 is 14.5 Å². The van der Waals surface area contributed by atoms with Gasteiger partial charge in [-0.15, -0.1) is 0 Å². The molecule has 2 heterocycles. The Morgan fingerprint density at radius 3 is 2.62 bits per heavy atom. The summed E-state index contributed by atoms with van der Waals surface area (Å²) in [5.74, 6) is 1.04. The number of ketones is 1. The topological polar surface area (TPSA) is 100 Å². The number of rotatable bonds is 2. The highest BCUT2D eigenvalue weighted by Crippen LogP contribution is 2.43. The molecule has 1 aliphatic heterocycles. The number of nitrogens with zero attached hydrogens (tertiary/aromatic N) is 2. The van der Waals surface area contributed by atoms with Crippen molar-refractivity contribution in [1.29, 1.82) is 0 Å². The van der Waals surface area contributed by atoms with Crippen LogP contribution in [-0.4, -0.2) is 21.2 Å². The number of nitrogens with one attached hydrogen (secondary N) is 2. The Bertz CT molecular complexity index is 1120. The first-order valence-corrected chi connectivity index (χ1v) is 9.63. The molecule has 0 bridgehead atoms. The van der Waals surface area contributed by atoms with Crippen LogP contribution in [-0.2, 0) is 4.79 Å². The molecule has 0 amide bonds. The van der Waals surface area contributed by atoms with E-state index in [1.807, 2.05) is 30.3 Å². The minimum Gasteiger partial charge on any atom is -0.508 e. The van der Waals surface area contributed by atoms with Crippen molar-refractivity contribution in [2.24, 2.45) is 0 Å². The lowest BCUT2D eigenvalue weighted by molar-refractivity contribution is -0.116. The van der Waals surface area contributed by atoms with Crippen molar-refractivity contribution >= 4 is 29.0 Å². The minimum absolute atomic E-state index is 0.0252. The zero-order chi connectivity index (χ0) is 20.0. The van der Waals surface area contributed by atoms with E-state index in [0.29, 0.717) is 35.1 Å². The molecule has 0 saturated carbocycles. The number of phenols is 1. The van der Waals surface area contributed by atoms with Crippen LogP contribution in [0.5, 0.6) is 5.75 Å². The van der Waals surface area contributed by atoms with Crippen molar-refractivity contribution in [2.45, 2.75) is 24.8 Å². The number of phenolic OH excluding ortho intramolecular Hbond substituents is 1. The number of carbonyl (C=O) groups excluding carboxylic acids is 1. The summed E-state index contributed by atoms with van der Waals surface area (Å²) in [4.78, 5) is 13.3. The molecule has 0 unspecified atom stereocenters. The van der Waals surface area contributed by atoms with E-state index in [2.05, 4.69) is 20.9 Å². The number of benzene rings is 2. The van der Waals surface area contributed by atoms with Gasteiger partial charge in [-0.1, -0.05) is 35.9 Å². The molecule has 1 aromatic heterocycles. The summed E-state index contributed by atoms with van der Waals surface area (Å²) in [5.41, 5.74) is 3.21. The monoisotopic (exact) mass is 408 g/mol. The lowest BCUT2D eigenvalue weighted by Gasteiger charge is -2.29. The predicted octanol–water partition coefficient (Wildman–Crippen LogP) is 4.41. The summed E-state index contributed by atoms with van der Waals surface area (Å²) in [6.45, 7) is 0. The fraction of sp³-hybridized carbons (Fsp3) is 0.190. The van der Waals surface area contributed by atoms with Gasteiger partial charge in [0.2, 0.25) is 11.6 Å². The number of aromatic hydroxyl groups is 1. The number of carbonyl (C=O) groups is 1. The average Bonchev–Trinajstić information content (AvgIpc) is 3.07. The van der Waals surface area contributed by atoms with Gasteiger partial charge in [0.05, 0.1) is 6.04 Å². The molecule has 2 aliphatic rings. The molecule has 146 valence electrons. The number of halogens is 1. The van der Waals surface area contributed by atoms with Gasteiger partial charge in [-0.05, 0) is 58.0 Å². The largest absolute Gasteiger partial charge is 0.508 e. The molecular formula is C21H17ClN4O3. The van der Waals surface area contributed by atoms with Crippen LogP contribution >= 0.6 is 11.6 Å². The summed E-state index contributed by atoms with van der Waals surface area (Å²) >= 11 is 6.01. The third-order valence-electron chi connectivity index (χ3n) is 5.38. The van der Waals surface area contributed by atoms with Gasteiger partial charge in [0.25, 0.3) is 0 Å². The summed E-state index contributed by atoms with van der Waals surface area (Å²) in [6, 6.07) is 13.9. The fourth-order valence-electron chi connectivity index (χ4n) is 4.03. The van der Waals surface area contributed by atoms with Gasteiger partial charge in [0, 0.05) is 22.7 Å². The Morgan fingerprint density at radius 2 is 1.83 bits per heavy atom. The van der Waals surface area contributed by atoms with Gasteiger partial charge in [-0.2, -0.15) is 0 Å². The van der Waals surface area contributed by atoms with Crippen LogP contribution in [0.1, 0.15) is 35.9 Å². The van der Waals surface area contributed by atoms with Crippen molar-refractivity contribution in [1.82, 2.24) is 10.3 Å². The van der Waals surface area contributed by atoms with E-state index in [1.165, 1.54) is 0 Å². The second kappa shape index (κ2) is 6.93. The summed E-state index contributed by atoms with van der Waals surface area (Å²) < 4.78 is 4.87. The Kier molecular flexibility index (Phi) is 4.24. The smallest absolute Gasteiger partial charge is 0.219 e. The van der Waals surface area contributed by atoms with Gasteiger partial charge < -0.3 is 15.7 Å². The Morgan fingerprint density at radius 1 is 1.03 bits per heavy atom. The zero-order valence-electron chi connectivity index (χ0n) is 15.2. The second-order valence-corrected chi connectivity index (χ2v) is 7.67. The van der Waals surface area contributed by atoms with E-state index in [4.69, 9.17) is 16.2 Å². The molecule has 7 nitrogen and oxygen atoms in total. The van der Waals surface area contributed by atoms with Crippen molar-refractivity contribution in [2.75, 3.05) is 10.6 Å². The average molecular weight is 409 g/mol. The first kappa shape index (κ1) is 17.8. The molecule has 0 saturated heterocycles. The minimum atomic E-state index is -0.476. The number of fused-ring (bicyclic) bond motifs is 1. The Balaban J connectivity index is 1.59. The highest BCUT2D eigenvalue weighted by Gasteiger charge is 2.37. The molecule has 1 aliphatic carbocycles. The van der Waals surface area contributed by atoms with Crippen LogP contribution in [0.15, 0.2) is 64.4 Å². The third-order valence-corrected chi connectivity index (χ3v) is 5.63. The summed E-state index contributed by atoms with van der Waals surface area (Å²) in [7, 11) is 0. The van der Waals surface area contributed by atoms with Gasteiger partial charge in [0.1, 0.15) is 5.75 Å². The summed E-state index contributed by atoms with van der Waals surface area (Å²) in [5, 5.41) is 24.9. The molecule has 5 rings (SSSR count). The SMILES string of the molecule is O=C1C[C@@H](c2ccc(Cl)cc2)CC2=C1[C@@H](c1cccc(O)c1)Nc1nonc1N2. The molecule has 3 N–H and O–H groups in total. The predicted molar refractivity (Wildman–Crippen MR) is 108 cm³/mol. The maximum absolute atomic E-state index is 13.3. The molecule has 8 heteroatoms. The number of hydrogen-bond donors (Lipinski definition) is 3. The van der Waals surface area contributed by atoms with Crippen LogP contribution in [0.4, 0.5) is 11.6 Å². The maximum atomic E-state index is 13.3. The first-order valence-electron chi connectivity index (χ1n) is 9.25. The molecule has 0 fully saturated rings. The van der Waals surface area contributed by atoms with Crippen molar-refractivity contribution in [3.05, 3.63) is 76.0 Å². The molecule has 3 aromatic rings. The third kappa shape index (κ3) is 3.23.